The predicted molar refractivity (Wildman–Crippen MR) is 98.9 cm³/mol. The molecule has 1 N–H and O–H groups in total. The molecule has 6 heteroatoms. The van der Waals surface area contributed by atoms with Gasteiger partial charge in [-0.25, -0.2) is 0 Å². The summed E-state index contributed by atoms with van der Waals surface area (Å²) in [6, 6.07) is 15.0. The van der Waals surface area contributed by atoms with E-state index in [1.807, 2.05) is 43.3 Å². The summed E-state index contributed by atoms with van der Waals surface area (Å²) in [4.78, 5) is 26.1. The van der Waals surface area contributed by atoms with E-state index in [0.29, 0.717) is 9.93 Å². The predicted octanol–water partition coefficient (Wildman–Crippen LogP) is 4.75. The van der Waals surface area contributed by atoms with Crippen LogP contribution in [0, 0.1) is 6.92 Å². The monoisotopic (exact) mass is 358 g/mol. The highest BCUT2D eigenvalue weighted by atomic mass is 35.5. The molecule has 0 atom stereocenters. The average Bonchev–Trinajstić information content (AvgIpc) is 2.82. The zero-order valence-corrected chi connectivity index (χ0v) is 14.5. The average molecular weight is 359 g/mol. The summed E-state index contributed by atoms with van der Waals surface area (Å²) >= 11 is 7.03. The van der Waals surface area contributed by atoms with Crippen molar-refractivity contribution in [1.29, 1.82) is 0 Å². The summed E-state index contributed by atoms with van der Waals surface area (Å²) in [5.74, 6) is -0.315. The van der Waals surface area contributed by atoms with E-state index in [-0.39, 0.29) is 17.8 Å². The normalized spacial score (nSPS) is 16.1. The van der Waals surface area contributed by atoms with Gasteiger partial charge in [0.05, 0.1) is 11.6 Å². The summed E-state index contributed by atoms with van der Waals surface area (Å²) in [5, 5.41) is 3.35. The van der Waals surface area contributed by atoms with Gasteiger partial charge in [0.15, 0.2) is 0 Å². The van der Waals surface area contributed by atoms with Crippen LogP contribution >= 0.6 is 23.4 Å². The molecule has 0 bridgehead atoms. The molecule has 4 nitrogen and oxygen atoms in total. The first-order chi connectivity index (χ1) is 11.5. The molecule has 1 heterocycles. The Morgan fingerprint density at radius 2 is 1.96 bits per heavy atom. The second-order valence-electron chi connectivity index (χ2n) is 5.34. The first-order valence-corrected chi connectivity index (χ1v) is 8.54. The molecule has 0 saturated carbocycles. The summed E-state index contributed by atoms with van der Waals surface area (Å²) in [6.07, 6.45) is 1.65. The minimum Gasteiger partial charge on any atom is -0.367 e. The Balaban J connectivity index is 1.73. The van der Waals surface area contributed by atoms with Crippen LogP contribution in [0.3, 0.4) is 0 Å². The van der Waals surface area contributed by atoms with E-state index in [1.165, 1.54) is 4.90 Å². The minimum absolute atomic E-state index is 0.133. The van der Waals surface area contributed by atoms with E-state index in [2.05, 4.69) is 5.32 Å². The Labute approximate surface area is 149 Å². The van der Waals surface area contributed by atoms with Crippen LogP contribution in [0.15, 0.2) is 53.4 Å². The van der Waals surface area contributed by atoms with Crippen molar-refractivity contribution in [1.82, 2.24) is 4.90 Å². The third-order valence-corrected chi connectivity index (χ3v) is 4.78. The lowest BCUT2D eigenvalue weighted by molar-refractivity contribution is -0.122. The molecule has 1 saturated heterocycles. The van der Waals surface area contributed by atoms with Crippen LogP contribution in [-0.2, 0) is 4.79 Å². The third kappa shape index (κ3) is 3.63. The van der Waals surface area contributed by atoms with Gasteiger partial charge in [0.2, 0.25) is 0 Å². The first kappa shape index (κ1) is 16.6. The van der Waals surface area contributed by atoms with Crippen LogP contribution in [0.2, 0.25) is 5.02 Å². The SMILES string of the molecule is Cc1cccc(NCN2C(=O)SC(=Cc3ccccc3Cl)C2=O)c1. The number of carbonyl (C=O) groups excluding carboxylic acids is 2. The van der Waals surface area contributed by atoms with Crippen LogP contribution in [0.25, 0.3) is 6.08 Å². The highest BCUT2D eigenvalue weighted by molar-refractivity contribution is 8.18. The van der Waals surface area contributed by atoms with Crippen molar-refractivity contribution in [3.63, 3.8) is 0 Å². The van der Waals surface area contributed by atoms with Gasteiger partial charge >= 0.3 is 0 Å². The fourth-order valence-corrected chi connectivity index (χ4v) is 3.31. The Kier molecular flexibility index (Phi) is 4.92. The fraction of sp³-hybridized carbons (Fsp3) is 0.111. The molecule has 24 heavy (non-hydrogen) atoms. The molecule has 1 aliphatic heterocycles. The maximum Gasteiger partial charge on any atom is 0.295 e. The number of imide groups is 1. The number of nitrogens with zero attached hydrogens (tertiary/aromatic N) is 1. The summed E-state index contributed by atoms with van der Waals surface area (Å²) in [6.45, 7) is 2.12. The molecule has 0 unspecified atom stereocenters. The highest BCUT2D eigenvalue weighted by Crippen LogP contribution is 2.33. The molecule has 122 valence electrons. The molecular weight excluding hydrogens is 344 g/mol. The van der Waals surface area contributed by atoms with E-state index in [4.69, 9.17) is 11.6 Å². The van der Waals surface area contributed by atoms with Crippen LogP contribution in [-0.4, -0.2) is 22.7 Å². The van der Waals surface area contributed by atoms with Gasteiger partial charge in [-0.2, -0.15) is 0 Å². The molecular formula is C18H15ClN2O2S. The van der Waals surface area contributed by atoms with Crippen molar-refractivity contribution in [2.75, 3.05) is 12.0 Å². The molecule has 2 aromatic carbocycles. The number of hydrogen-bond acceptors (Lipinski definition) is 4. The van der Waals surface area contributed by atoms with Crippen LogP contribution in [0.1, 0.15) is 11.1 Å². The lowest BCUT2D eigenvalue weighted by Gasteiger charge is -2.14. The molecule has 0 aliphatic carbocycles. The van der Waals surface area contributed by atoms with Crippen molar-refractivity contribution in [2.24, 2.45) is 0 Å². The molecule has 0 radical (unpaired) electrons. The highest BCUT2D eigenvalue weighted by Gasteiger charge is 2.34. The van der Waals surface area contributed by atoms with Gasteiger partial charge in [-0.05, 0) is 54.1 Å². The standard InChI is InChI=1S/C18H15ClN2O2S/c1-12-5-4-7-14(9-12)20-11-21-17(22)16(24-18(21)23)10-13-6-2-3-8-15(13)19/h2-10,20H,11H2,1H3. The minimum atomic E-state index is -0.315. The molecule has 3 rings (SSSR count). The number of hydrogen-bond donors (Lipinski definition) is 1. The number of amides is 2. The van der Waals surface area contributed by atoms with Crippen LogP contribution in [0.4, 0.5) is 10.5 Å². The number of rotatable bonds is 4. The lowest BCUT2D eigenvalue weighted by atomic mass is 10.2. The molecule has 0 aromatic heterocycles. The van der Waals surface area contributed by atoms with Gasteiger partial charge in [0.1, 0.15) is 0 Å². The van der Waals surface area contributed by atoms with Crippen molar-refractivity contribution in [3.05, 3.63) is 69.6 Å². The molecule has 0 spiro atoms. The summed E-state index contributed by atoms with van der Waals surface area (Å²) in [7, 11) is 0. The Morgan fingerprint density at radius 1 is 1.17 bits per heavy atom. The van der Waals surface area contributed by atoms with Crippen molar-refractivity contribution in [3.8, 4) is 0 Å². The first-order valence-electron chi connectivity index (χ1n) is 7.35. The zero-order valence-electron chi connectivity index (χ0n) is 13.0. The topological polar surface area (TPSA) is 49.4 Å². The fourth-order valence-electron chi connectivity index (χ4n) is 2.30. The Hall–Kier alpha value is -2.24. The van der Waals surface area contributed by atoms with E-state index in [9.17, 15) is 9.59 Å². The van der Waals surface area contributed by atoms with E-state index in [1.54, 1.807) is 18.2 Å². The quantitative estimate of drug-likeness (QED) is 0.801. The van der Waals surface area contributed by atoms with E-state index < -0.39 is 0 Å². The van der Waals surface area contributed by atoms with Gasteiger partial charge < -0.3 is 5.32 Å². The van der Waals surface area contributed by atoms with E-state index >= 15 is 0 Å². The lowest BCUT2D eigenvalue weighted by Crippen LogP contribution is -2.33. The number of benzene rings is 2. The maximum absolute atomic E-state index is 12.5. The second kappa shape index (κ2) is 7.11. The Bertz CT molecular complexity index is 835. The van der Waals surface area contributed by atoms with Crippen molar-refractivity contribution >= 4 is 46.3 Å². The summed E-state index contributed by atoms with van der Waals surface area (Å²) in [5.41, 5.74) is 2.69. The molecule has 2 aromatic rings. The van der Waals surface area contributed by atoms with Gasteiger partial charge in [0.25, 0.3) is 11.1 Å². The van der Waals surface area contributed by atoms with Gasteiger partial charge in [-0.1, -0.05) is 41.9 Å². The number of carbonyl (C=O) groups is 2. The van der Waals surface area contributed by atoms with Gasteiger partial charge in [0, 0.05) is 10.7 Å². The molecule has 1 aliphatic rings. The summed E-state index contributed by atoms with van der Waals surface area (Å²) < 4.78 is 0. The van der Waals surface area contributed by atoms with E-state index in [0.717, 1.165) is 28.6 Å². The van der Waals surface area contributed by atoms with Crippen molar-refractivity contribution < 1.29 is 9.59 Å². The Morgan fingerprint density at radius 3 is 2.71 bits per heavy atom. The van der Waals surface area contributed by atoms with Crippen molar-refractivity contribution in [2.45, 2.75) is 6.92 Å². The molecule has 1 fully saturated rings. The van der Waals surface area contributed by atoms with Crippen LogP contribution < -0.4 is 5.32 Å². The van der Waals surface area contributed by atoms with Gasteiger partial charge in [-0.15, -0.1) is 0 Å². The number of halogens is 1. The second-order valence-corrected chi connectivity index (χ2v) is 6.74. The number of nitrogens with one attached hydrogen (secondary N) is 1. The maximum atomic E-state index is 12.5. The number of aryl methyl sites for hydroxylation is 1. The number of thioether (sulfide) groups is 1. The van der Waals surface area contributed by atoms with Crippen LogP contribution in [0.5, 0.6) is 0 Å². The molecule has 2 amide bonds. The third-order valence-electron chi connectivity index (χ3n) is 3.52. The number of anilines is 1. The largest absolute Gasteiger partial charge is 0.367 e. The smallest absolute Gasteiger partial charge is 0.295 e. The zero-order chi connectivity index (χ0) is 17.1. The van der Waals surface area contributed by atoms with Gasteiger partial charge in [-0.3, -0.25) is 14.5 Å².